The first-order valence-electron chi connectivity index (χ1n) is 8.95. The zero-order valence-corrected chi connectivity index (χ0v) is 16.2. The van der Waals surface area contributed by atoms with Gasteiger partial charge in [-0.3, -0.25) is 9.39 Å². The SMILES string of the molecule is CCN(CCCNC(=NC)NCc1cn2ccsc2n1)c1ccccc1. The van der Waals surface area contributed by atoms with Gasteiger partial charge >= 0.3 is 0 Å². The van der Waals surface area contributed by atoms with Crippen LogP contribution in [0.3, 0.4) is 0 Å². The number of fused-ring (bicyclic) bond motifs is 1. The topological polar surface area (TPSA) is 57.0 Å². The maximum Gasteiger partial charge on any atom is 0.193 e. The Kier molecular flexibility index (Phi) is 6.49. The summed E-state index contributed by atoms with van der Waals surface area (Å²) in [4.78, 5) is 12.3. The third kappa shape index (κ3) is 4.76. The number of hydrogen-bond donors (Lipinski definition) is 2. The van der Waals surface area contributed by atoms with Crippen molar-refractivity contribution in [3.63, 3.8) is 0 Å². The van der Waals surface area contributed by atoms with Crippen molar-refractivity contribution in [3.8, 4) is 0 Å². The quantitative estimate of drug-likeness (QED) is 0.364. The van der Waals surface area contributed by atoms with Crippen LogP contribution in [0.25, 0.3) is 4.96 Å². The number of aliphatic imine (C=N–C) groups is 1. The van der Waals surface area contributed by atoms with E-state index in [1.165, 1.54) is 5.69 Å². The molecule has 0 spiro atoms. The van der Waals surface area contributed by atoms with Crippen LogP contribution in [0.15, 0.2) is 53.1 Å². The van der Waals surface area contributed by atoms with Gasteiger partial charge in [-0.2, -0.15) is 0 Å². The van der Waals surface area contributed by atoms with Crippen LogP contribution in [0.5, 0.6) is 0 Å². The molecule has 6 nitrogen and oxygen atoms in total. The molecular weight excluding hydrogens is 344 g/mol. The van der Waals surface area contributed by atoms with Crippen LogP contribution in [-0.2, 0) is 6.54 Å². The van der Waals surface area contributed by atoms with E-state index in [1.807, 2.05) is 22.2 Å². The fourth-order valence-electron chi connectivity index (χ4n) is 2.84. The molecule has 1 aromatic carbocycles. The van der Waals surface area contributed by atoms with Gasteiger partial charge < -0.3 is 15.5 Å². The molecule has 0 aliphatic heterocycles. The highest BCUT2D eigenvalue weighted by atomic mass is 32.1. The lowest BCUT2D eigenvalue weighted by atomic mass is 10.2. The average Bonchev–Trinajstić information content (AvgIpc) is 3.26. The second kappa shape index (κ2) is 9.24. The molecule has 0 atom stereocenters. The normalized spacial score (nSPS) is 11.7. The van der Waals surface area contributed by atoms with E-state index in [0.29, 0.717) is 6.54 Å². The second-order valence-electron chi connectivity index (χ2n) is 5.95. The Morgan fingerprint density at radius 1 is 1.27 bits per heavy atom. The fraction of sp³-hybridized carbons (Fsp3) is 0.368. The van der Waals surface area contributed by atoms with Crippen molar-refractivity contribution in [2.45, 2.75) is 19.9 Å². The van der Waals surface area contributed by atoms with Crippen LogP contribution < -0.4 is 15.5 Å². The van der Waals surface area contributed by atoms with Crippen molar-refractivity contribution >= 4 is 27.9 Å². The largest absolute Gasteiger partial charge is 0.372 e. The third-order valence-corrected chi connectivity index (χ3v) is 4.97. The van der Waals surface area contributed by atoms with E-state index in [0.717, 1.165) is 42.7 Å². The zero-order valence-electron chi connectivity index (χ0n) is 15.4. The van der Waals surface area contributed by atoms with Gasteiger partial charge in [0.05, 0.1) is 12.2 Å². The number of aromatic nitrogens is 2. The molecule has 0 fully saturated rings. The molecule has 138 valence electrons. The van der Waals surface area contributed by atoms with E-state index in [1.54, 1.807) is 18.4 Å². The molecular formula is C19H26N6S. The average molecular weight is 371 g/mol. The smallest absolute Gasteiger partial charge is 0.193 e. The van der Waals surface area contributed by atoms with Crippen LogP contribution in [0.1, 0.15) is 19.0 Å². The molecule has 3 rings (SSSR count). The minimum atomic E-state index is 0.666. The van der Waals surface area contributed by atoms with Crippen molar-refractivity contribution in [2.24, 2.45) is 4.99 Å². The van der Waals surface area contributed by atoms with Crippen LogP contribution in [0, 0.1) is 0 Å². The van der Waals surface area contributed by atoms with Gasteiger partial charge in [-0.05, 0) is 25.5 Å². The predicted molar refractivity (Wildman–Crippen MR) is 110 cm³/mol. The molecule has 0 aliphatic rings. The Bertz CT molecular complexity index is 794. The van der Waals surface area contributed by atoms with E-state index >= 15 is 0 Å². The first kappa shape index (κ1) is 18.3. The molecule has 0 bridgehead atoms. The zero-order chi connectivity index (χ0) is 18.2. The molecule has 0 saturated heterocycles. The Morgan fingerprint density at radius 2 is 2.12 bits per heavy atom. The molecule has 2 N–H and O–H groups in total. The summed E-state index contributed by atoms with van der Waals surface area (Å²) in [6, 6.07) is 10.5. The lowest BCUT2D eigenvalue weighted by molar-refractivity contribution is 0.707. The number of para-hydroxylation sites is 1. The summed E-state index contributed by atoms with van der Waals surface area (Å²) < 4.78 is 2.04. The fourth-order valence-corrected chi connectivity index (χ4v) is 3.56. The maximum absolute atomic E-state index is 4.57. The van der Waals surface area contributed by atoms with Gasteiger partial charge in [-0.15, -0.1) is 11.3 Å². The minimum Gasteiger partial charge on any atom is -0.372 e. The molecule has 0 unspecified atom stereocenters. The monoisotopic (exact) mass is 370 g/mol. The summed E-state index contributed by atoms with van der Waals surface area (Å²) >= 11 is 1.64. The molecule has 0 saturated carbocycles. The minimum absolute atomic E-state index is 0.666. The summed E-state index contributed by atoms with van der Waals surface area (Å²) in [5, 5.41) is 8.74. The van der Waals surface area contributed by atoms with Gasteiger partial charge in [0.1, 0.15) is 0 Å². The van der Waals surface area contributed by atoms with Crippen molar-refractivity contribution in [1.29, 1.82) is 0 Å². The number of thiazole rings is 1. The molecule has 3 aromatic rings. The molecule has 2 heterocycles. The Morgan fingerprint density at radius 3 is 2.85 bits per heavy atom. The number of rotatable bonds is 8. The van der Waals surface area contributed by atoms with Gasteiger partial charge in [0.25, 0.3) is 0 Å². The van der Waals surface area contributed by atoms with Crippen LogP contribution in [-0.4, -0.2) is 42.0 Å². The standard InChI is InChI=1S/C19H26N6S/c1-3-24(17-8-5-4-6-9-17)11-7-10-21-18(20-2)22-14-16-15-25-12-13-26-19(25)23-16/h4-6,8-9,12-13,15H,3,7,10-11,14H2,1-2H3,(H2,20,21,22). The van der Waals surface area contributed by atoms with Gasteiger partial charge in [0, 0.05) is 50.1 Å². The summed E-state index contributed by atoms with van der Waals surface area (Å²) in [6.07, 6.45) is 5.12. The first-order valence-corrected chi connectivity index (χ1v) is 9.83. The Labute approximate surface area is 158 Å². The van der Waals surface area contributed by atoms with E-state index in [9.17, 15) is 0 Å². The highest BCUT2D eigenvalue weighted by Crippen LogP contribution is 2.13. The number of nitrogens with one attached hydrogen (secondary N) is 2. The van der Waals surface area contributed by atoms with Gasteiger partial charge in [-0.1, -0.05) is 18.2 Å². The van der Waals surface area contributed by atoms with E-state index in [-0.39, 0.29) is 0 Å². The molecule has 7 heteroatoms. The van der Waals surface area contributed by atoms with E-state index in [2.05, 4.69) is 62.8 Å². The van der Waals surface area contributed by atoms with Crippen molar-refractivity contribution in [2.75, 3.05) is 31.6 Å². The van der Waals surface area contributed by atoms with E-state index < -0.39 is 0 Å². The highest BCUT2D eigenvalue weighted by Gasteiger charge is 2.05. The van der Waals surface area contributed by atoms with Gasteiger partial charge in [0.15, 0.2) is 10.9 Å². The number of imidazole rings is 1. The highest BCUT2D eigenvalue weighted by molar-refractivity contribution is 7.15. The lowest BCUT2D eigenvalue weighted by Gasteiger charge is -2.23. The summed E-state index contributed by atoms with van der Waals surface area (Å²) in [6.45, 7) is 5.76. The third-order valence-electron chi connectivity index (χ3n) is 4.20. The number of guanidine groups is 1. The molecule has 0 amide bonds. The van der Waals surface area contributed by atoms with Crippen LogP contribution in [0.4, 0.5) is 5.69 Å². The summed E-state index contributed by atoms with van der Waals surface area (Å²) in [7, 11) is 1.80. The maximum atomic E-state index is 4.57. The predicted octanol–water partition coefficient (Wildman–Crippen LogP) is 2.98. The number of benzene rings is 1. The number of hydrogen-bond acceptors (Lipinski definition) is 4. The van der Waals surface area contributed by atoms with Crippen molar-refractivity contribution in [3.05, 3.63) is 53.8 Å². The van der Waals surface area contributed by atoms with E-state index in [4.69, 9.17) is 0 Å². The molecule has 0 aliphatic carbocycles. The van der Waals surface area contributed by atoms with Crippen LogP contribution in [0.2, 0.25) is 0 Å². The van der Waals surface area contributed by atoms with Gasteiger partial charge in [-0.25, -0.2) is 4.98 Å². The van der Waals surface area contributed by atoms with Crippen molar-refractivity contribution in [1.82, 2.24) is 20.0 Å². The second-order valence-corrected chi connectivity index (χ2v) is 6.82. The van der Waals surface area contributed by atoms with Crippen LogP contribution >= 0.6 is 11.3 Å². The Balaban J connectivity index is 1.40. The number of nitrogens with zero attached hydrogens (tertiary/aromatic N) is 4. The van der Waals surface area contributed by atoms with Crippen molar-refractivity contribution < 1.29 is 0 Å². The molecule has 2 aromatic heterocycles. The van der Waals surface area contributed by atoms with Gasteiger partial charge in [0.2, 0.25) is 0 Å². The number of anilines is 1. The lowest BCUT2D eigenvalue weighted by Crippen LogP contribution is -2.38. The first-order chi connectivity index (χ1) is 12.8. The summed E-state index contributed by atoms with van der Waals surface area (Å²) in [5.74, 6) is 0.809. The summed E-state index contributed by atoms with van der Waals surface area (Å²) in [5.41, 5.74) is 2.29. The molecule has 0 radical (unpaired) electrons. The Hall–Kier alpha value is -2.54. The molecule has 26 heavy (non-hydrogen) atoms.